The van der Waals surface area contributed by atoms with E-state index in [1.165, 1.54) is 102 Å². The van der Waals surface area contributed by atoms with Gasteiger partial charge in [-0.3, -0.25) is 4.79 Å². The molecular formula is C26H43LiNO3. The van der Waals surface area contributed by atoms with Crippen LogP contribution >= 0.6 is 0 Å². The number of unbranched alkanes of at least 4 members (excludes halogenated alkanes) is 15. The summed E-state index contributed by atoms with van der Waals surface area (Å²) < 4.78 is 0. The van der Waals surface area contributed by atoms with Gasteiger partial charge < -0.3 is 10.4 Å². The van der Waals surface area contributed by atoms with Crippen molar-refractivity contribution in [2.45, 2.75) is 110 Å². The minimum atomic E-state index is -0.977. The average Bonchev–Trinajstić information content (AvgIpc) is 2.75. The third kappa shape index (κ3) is 16.1. The van der Waals surface area contributed by atoms with E-state index in [4.69, 9.17) is 5.11 Å². The third-order valence-electron chi connectivity index (χ3n) is 5.71. The van der Waals surface area contributed by atoms with Crippen LogP contribution in [0, 0.1) is 0 Å². The van der Waals surface area contributed by atoms with E-state index < -0.39 is 5.97 Å². The van der Waals surface area contributed by atoms with Crippen LogP contribution in [-0.2, 0) is 0 Å². The van der Waals surface area contributed by atoms with E-state index in [0.29, 0.717) is 12.1 Å². The van der Waals surface area contributed by atoms with Gasteiger partial charge in [-0.25, -0.2) is 4.79 Å². The minimum Gasteiger partial charge on any atom is -0.478 e. The molecule has 1 radical (unpaired) electrons. The molecule has 0 aromatic heterocycles. The quantitative estimate of drug-likeness (QED) is 0.186. The Morgan fingerprint density at radius 3 is 1.39 bits per heavy atom. The molecule has 0 aliphatic carbocycles. The number of carboxylic acid groups (broad SMARTS) is 1. The van der Waals surface area contributed by atoms with Crippen LogP contribution in [0.15, 0.2) is 24.3 Å². The van der Waals surface area contributed by atoms with Crippen LogP contribution in [0.2, 0.25) is 0 Å². The molecule has 0 unspecified atom stereocenters. The second-order valence-electron chi connectivity index (χ2n) is 8.44. The summed E-state index contributed by atoms with van der Waals surface area (Å²) in [6.07, 6.45) is 21.4. The van der Waals surface area contributed by atoms with Crippen molar-refractivity contribution in [1.82, 2.24) is 5.32 Å². The molecule has 0 spiro atoms. The van der Waals surface area contributed by atoms with Crippen molar-refractivity contribution in [2.75, 3.05) is 6.54 Å². The largest absolute Gasteiger partial charge is 0.478 e. The fourth-order valence-corrected chi connectivity index (χ4v) is 3.74. The van der Waals surface area contributed by atoms with Gasteiger partial charge in [-0.2, -0.15) is 0 Å². The van der Waals surface area contributed by atoms with Gasteiger partial charge in [-0.15, -0.1) is 0 Å². The summed E-state index contributed by atoms with van der Waals surface area (Å²) in [4.78, 5) is 22.9. The number of carbonyl (C=O) groups excluding carboxylic acids is 1. The number of amides is 1. The first-order chi connectivity index (χ1) is 14.6. The van der Waals surface area contributed by atoms with Gasteiger partial charge in [0.2, 0.25) is 0 Å². The summed E-state index contributed by atoms with van der Waals surface area (Å²) in [6, 6.07) is 6.05. The summed E-state index contributed by atoms with van der Waals surface area (Å²) in [5.41, 5.74) is 0.709. The van der Waals surface area contributed by atoms with Crippen molar-refractivity contribution >= 4 is 30.7 Å². The number of hydrogen-bond acceptors (Lipinski definition) is 2. The molecule has 0 aliphatic heterocycles. The molecule has 0 bridgehead atoms. The standard InChI is InChI=1S/C26H43NO3.Li/c1-2-3-4-5-6-7-8-9-10-11-12-13-14-15-16-17-22-27-25(28)23-18-20-24(21-19-23)26(29)30;/h18-21H,2-17,22H2,1H3,(H,27,28)(H,29,30);. The molecule has 1 rings (SSSR count). The van der Waals surface area contributed by atoms with E-state index >= 15 is 0 Å². The molecule has 1 amide bonds. The second kappa shape index (κ2) is 20.6. The van der Waals surface area contributed by atoms with Crippen molar-refractivity contribution in [2.24, 2.45) is 0 Å². The summed E-state index contributed by atoms with van der Waals surface area (Å²) in [7, 11) is 0. The Morgan fingerprint density at radius 1 is 0.645 bits per heavy atom. The molecule has 1 aromatic rings. The molecule has 0 saturated heterocycles. The number of carbonyl (C=O) groups is 2. The number of benzene rings is 1. The van der Waals surface area contributed by atoms with Crippen LogP contribution in [0.3, 0.4) is 0 Å². The van der Waals surface area contributed by atoms with Gasteiger partial charge >= 0.3 is 5.97 Å². The molecule has 0 fully saturated rings. The maximum atomic E-state index is 12.0. The zero-order chi connectivity index (χ0) is 21.9. The van der Waals surface area contributed by atoms with E-state index in [9.17, 15) is 9.59 Å². The van der Waals surface area contributed by atoms with E-state index in [1.54, 1.807) is 12.1 Å². The van der Waals surface area contributed by atoms with Gasteiger partial charge in [-0.05, 0) is 30.7 Å². The van der Waals surface area contributed by atoms with Crippen molar-refractivity contribution in [3.05, 3.63) is 35.4 Å². The Kier molecular flexibility index (Phi) is 19.8. The van der Waals surface area contributed by atoms with Crippen LogP contribution < -0.4 is 5.32 Å². The van der Waals surface area contributed by atoms with Gasteiger partial charge in [0.25, 0.3) is 5.91 Å². The molecule has 0 heterocycles. The molecule has 2 N–H and O–H groups in total. The summed E-state index contributed by atoms with van der Waals surface area (Å²) in [5.74, 6) is -1.11. The van der Waals surface area contributed by atoms with Crippen LogP contribution in [0.1, 0.15) is 130 Å². The Morgan fingerprint density at radius 2 is 1.00 bits per heavy atom. The molecule has 4 nitrogen and oxygen atoms in total. The Labute approximate surface area is 202 Å². The molecule has 0 aliphatic rings. The SMILES string of the molecule is CCCCCCCCCCCCCCCCCCNC(=O)c1ccc(C(=O)O)cc1.[Li]. The zero-order valence-electron chi connectivity index (χ0n) is 20.1. The van der Waals surface area contributed by atoms with Gasteiger partial charge in [0.05, 0.1) is 5.56 Å². The summed E-state index contributed by atoms with van der Waals surface area (Å²) >= 11 is 0. The molecule has 31 heavy (non-hydrogen) atoms. The van der Waals surface area contributed by atoms with Crippen molar-refractivity contribution in [1.29, 1.82) is 0 Å². The van der Waals surface area contributed by atoms with Gasteiger partial charge in [0.15, 0.2) is 0 Å². The van der Waals surface area contributed by atoms with E-state index in [1.807, 2.05) is 0 Å². The maximum absolute atomic E-state index is 12.0. The molecule has 0 saturated carbocycles. The van der Waals surface area contributed by atoms with E-state index in [2.05, 4.69) is 12.2 Å². The molecule has 171 valence electrons. The van der Waals surface area contributed by atoms with Crippen molar-refractivity contribution in [3.63, 3.8) is 0 Å². The first kappa shape index (κ1) is 29.8. The monoisotopic (exact) mass is 424 g/mol. The van der Waals surface area contributed by atoms with Gasteiger partial charge in [0.1, 0.15) is 0 Å². The first-order valence-electron chi connectivity index (χ1n) is 12.3. The third-order valence-corrected chi connectivity index (χ3v) is 5.71. The predicted octanol–water partition coefficient (Wildman–Crippen LogP) is 7.00. The second-order valence-corrected chi connectivity index (χ2v) is 8.44. The number of rotatable bonds is 19. The maximum Gasteiger partial charge on any atom is 0.335 e. The van der Waals surface area contributed by atoms with Crippen molar-refractivity contribution in [3.8, 4) is 0 Å². The molecule has 0 atom stereocenters. The van der Waals surface area contributed by atoms with Crippen LogP contribution in [0.5, 0.6) is 0 Å². The van der Waals surface area contributed by atoms with Crippen LogP contribution in [0.4, 0.5) is 0 Å². The number of nitrogens with one attached hydrogen (secondary N) is 1. The number of aromatic carboxylic acids is 1. The zero-order valence-corrected chi connectivity index (χ0v) is 20.1. The summed E-state index contributed by atoms with van der Waals surface area (Å²) in [5, 5.41) is 11.8. The fraction of sp³-hybridized carbons (Fsp3) is 0.692. The van der Waals surface area contributed by atoms with Crippen molar-refractivity contribution < 1.29 is 14.7 Å². The Bertz CT molecular complexity index is 575. The predicted molar refractivity (Wildman–Crippen MR) is 131 cm³/mol. The van der Waals surface area contributed by atoms with E-state index in [-0.39, 0.29) is 30.3 Å². The molecule has 5 heteroatoms. The Hall–Kier alpha value is -1.24. The smallest absolute Gasteiger partial charge is 0.335 e. The summed E-state index contributed by atoms with van der Waals surface area (Å²) in [6.45, 7) is 2.95. The van der Waals surface area contributed by atoms with Gasteiger partial charge in [0, 0.05) is 31.0 Å². The van der Waals surface area contributed by atoms with Crippen LogP contribution in [0.25, 0.3) is 0 Å². The fourth-order valence-electron chi connectivity index (χ4n) is 3.74. The first-order valence-corrected chi connectivity index (χ1v) is 12.3. The Balaban J connectivity index is 0.00000900. The topological polar surface area (TPSA) is 66.4 Å². The minimum absolute atomic E-state index is 0. The number of carboxylic acids is 1. The normalized spacial score (nSPS) is 10.5. The molecule has 1 aromatic carbocycles. The van der Waals surface area contributed by atoms with Gasteiger partial charge in [-0.1, -0.05) is 103 Å². The molecular weight excluding hydrogens is 381 g/mol. The average molecular weight is 425 g/mol. The van der Waals surface area contributed by atoms with E-state index in [0.717, 1.165) is 12.8 Å². The van der Waals surface area contributed by atoms with Crippen LogP contribution in [-0.4, -0.2) is 42.4 Å². The number of hydrogen-bond donors (Lipinski definition) is 2.